The number of amides is 2. The number of pyridine rings is 1. The zero-order chi connectivity index (χ0) is 31.3. The van der Waals surface area contributed by atoms with Gasteiger partial charge >= 0.3 is 5.97 Å². The second-order valence-corrected chi connectivity index (χ2v) is 18.8. The molecular formula is C35H34ClN3O4Si. The molecule has 2 N–H and O–H groups in total. The number of carbonyl (C=O) groups is 3. The molecule has 2 aliphatic rings. The lowest BCUT2D eigenvalue weighted by Crippen LogP contribution is -2.24. The van der Waals surface area contributed by atoms with E-state index in [9.17, 15) is 14.4 Å². The average Bonchev–Trinajstić information content (AvgIpc) is 3.49. The van der Waals surface area contributed by atoms with Crippen LogP contribution in [0.4, 0.5) is 5.69 Å². The highest BCUT2D eigenvalue weighted by atomic mass is 35.5. The monoisotopic (exact) mass is 623 g/mol. The number of benzene rings is 3. The Morgan fingerprint density at radius 1 is 1.00 bits per heavy atom. The summed E-state index contributed by atoms with van der Waals surface area (Å²) >= 11 is 6.19. The summed E-state index contributed by atoms with van der Waals surface area (Å²) in [5, 5.41) is 0.529. The predicted molar refractivity (Wildman–Crippen MR) is 176 cm³/mol. The van der Waals surface area contributed by atoms with Crippen LogP contribution in [0.15, 0.2) is 60.8 Å². The molecule has 2 heterocycles. The molecule has 1 aliphatic carbocycles. The summed E-state index contributed by atoms with van der Waals surface area (Å²) in [6.45, 7) is 9.65. The van der Waals surface area contributed by atoms with Gasteiger partial charge in [0.05, 0.1) is 19.6 Å². The van der Waals surface area contributed by atoms with Crippen LogP contribution in [-0.2, 0) is 28.9 Å². The molecule has 3 aromatic carbocycles. The predicted octanol–water partition coefficient (Wildman–Crippen LogP) is 6.96. The molecule has 0 saturated heterocycles. The Hall–Kier alpha value is -4.27. The number of hydrogen-bond donors (Lipinski definition) is 1. The van der Waals surface area contributed by atoms with E-state index < -0.39 is 14.0 Å². The number of aromatic nitrogens is 1. The first kappa shape index (κ1) is 29.8. The Labute approximate surface area is 263 Å². The normalized spacial score (nSPS) is 13.5. The van der Waals surface area contributed by atoms with Crippen molar-refractivity contribution in [3.05, 3.63) is 105 Å². The first-order valence-corrected chi connectivity index (χ1v) is 18.8. The average molecular weight is 624 g/mol. The van der Waals surface area contributed by atoms with Crippen LogP contribution in [0, 0.1) is 6.92 Å². The van der Waals surface area contributed by atoms with Gasteiger partial charge in [-0.3, -0.25) is 19.4 Å². The summed E-state index contributed by atoms with van der Waals surface area (Å²) in [6.07, 6.45) is 2.35. The van der Waals surface area contributed by atoms with Gasteiger partial charge < -0.3 is 15.4 Å². The van der Waals surface area contributed by atoms with E-state index in [4.69, 9.17) is 22.1 Å². The zero-order valence-electron chi connectivity index (χ0n) is 25.3. The van der Waals surface area contributed by atoms with E-state index >= 15 is 0 Å². The van der Waals surface area contributed by atoms with Crippen LogP contribution in [0.5, 0.6) is 0 Å². The number of halogens is 1. The van der Waals surface area contributed by atoms with Gasteiger partial charge in [-0.05, 0) is 75.7 Å². The lowest BCUT2D eigenvalue weighted by molar-refractivity contribution is -0.142. The third-order valence-electron chi connectivity index (χ3n) is 8.44. The van der Waals surface area contributed by atoms with Crippen LogP contribution < -0.4 is 10.6 Å². The highest BCUT2D eigenvalue weighted by molar-refractivity contribution is 6.76. The first-order chi connectivity index (χ1) is 20.9. The second kappa shape index (κ2) is 11.3. The summed E-state index contributed by atoms with van der Waals surface area (Å²) in [5.74, 6) is -0.921. The molecule has 6 rings (SSSR count). The Morgan fingerprint density at radius 3 is 2.55 bits per heavy atom. The fourth-order valence-electron chi connectivity index (χ4n) is 6.15. The van der Waals surface area contributed by atoms with E-state index in [0.29, 0.717) is 30.2 Å². The summed E-state index contributed by atoms with van der Waals surface area (Å²) < 4.78 is 5.52. The summed E-state index contributed by atoms with van der Waals surface area (Å²) in [7, 11) is -1.30. The van der Waals surface area contributed by atoms with E-state index in [2.05, 4.69) is 24.6 Å². The highest BCUT2D eigenvalue weighted by Gasteiger charge is 2.32. The quantitative estimate of drug-likeness (QED) is 0.149. The number of ether oxygens (including phenoxy) is 1. The van der Waals surface area contributed by atoms with Gasteiger partial charge in [-0.25, -0.2) is 0 Å². The molecule has 224 valence electrons. The van der Waals surface area contributed by atoms with Crippen LogP contribution in [0.3, 0.4) is 0 Å². The number of anilines is 1. The lowest BCUT2D eigenvalue weighted by Gasteiger charge is -2.22. The fraction of sp³-hybridized carbons (Fsp3) is 0.257. The molecule has 7 nitrogen and oxygen atoms in total. The van der Waals surface area contributed by atoms with Gasteiger partial charge in [0.2, 0.25) is 0 Å². The maximum Gasteiger partial charge on any atom is 0.310 e. The van der Waals surface area contributed by atoms with Crippen molar-refractivity contribution >= 4 is 43.1 Å². The number of hydrogen-bond acceptors (Lipinski definition) is 5. The summed E-state index contributed by atoms with van der Waals surface area (Å²) in [6, 6.07) is 18.2. The number of carbonyl (C=O) groups excluding carboxylic acids is 3. The minimum absolute atomic E-state index is 0.0907. The van der Waals surface area contributed by atoms with Crippen molar-refractivity contribution in [2.75, 3.05) is 11.5 Å². The number of primary amides is 1. The molecule has 1 aromatic heterocycles. The smallest absolute Gasteiger partial charge is 0.310 e. The minimum Gasteiger partial charge on any atom is -0.466 e. The third-order valence-corrected chi connectivity index (χ3v) is 10.4. The number of nitrogens with two attached hydrogens (primary N) is 1. The maximum atomic E-state index is 13.4. The van der Waals surface area contributed by atoms with Crippen LogP contribution in [0.25, 0.3) is 22.3 Å². The van der Waals surface area contributed by atoms with Crippen molar-refractivity contribution < 1.29 is 19.1 Å². The van der Waals surface area contributed by atoms with Crippen LogP contribution in [-0.4, -0.2) is 37.4 Å². The lowest BCUT2D eigenvalue weighted by atomic mass is 9.91. The highest BCUT2D eigenvalue weighted by Crippen LogP contribution is 2.46. The Morgan fingerprint density at radius 2 is 1.80 bits per heavy atom. The van der Waals surface area contributed by atoms with Crippen molar-refractivity contribution in [2.24, 2.45) is 5.73 Å². The van der Waals surface area contributed by atoms with Crippen molar-refractivity contribution in [3.63, 3.8) is 0 Å². The Kier molecular flexibility index (Phi) is 7.67. The largest absolute Gasteiger partial charge is 0.466 e. The van der Waals surface area contributed by atoms with E-state index in [1.165, 1.54) is 0 Å². The van der Waals surface area contributed by atoms with E-state index in [1.807, 2.05) is 49.4 Å². The van der Waals surface area contributed by atoms with E-state index in [-0.39, 0.29) is 24.0 Å². The number of fused-ring (bicyclic) bond motifs is 4. The summed E-state index contributed by atoms with van der Waals surface area (Å²) in [5.41, 5.74) is 15.5. The molecule has 4 aromatic rings. The molecule has 0 spiro atoms. The van der Waals surface area contributed by atoms with Gasteiger partial charge in [-0.2, -0.15) is 0 Å². The Balaban J connectivity index is 1.35. The van der Waals surface area contributed by atoms with Gasteiger partial charge in [0.25, 0.3) is 11.8 Å². The molecule has 2 amide bonds. The fourth-order valence-corrected chi connectivity index (χ4v) is 7.04. The number of esters is 1. The zero-order valence-corrected chi connectivity index (χ0v) is 27.0. The molecule has 44 heavy (non-hydrogen) atoms. The number of nitrogens with zero attached hydrogens (tertiary/aromatic N) is 2. The first-order valence-electron chi connectivity index (χ1n) is 14.7. The van der Waals surface area contributed by atoms with E-state index in [0.717, 1.165) is 61.8 Å². The van der Waals surface area contributed by atoms with Crippen molar-refractivity contribution in [3.8, 4) is 22.3 Å². The molecule has 0 bridgehead atoms. The molecule has 1 aliphatic heterocycles. The van der Waals surface area contributed by atoms with Crippen molar-refractivity contribution in [1.29, 1.82) is 0 Å². The van der Waals surface area contributed by atoms with Crippen molar-refractivity contribution in [1.82, 2.24) is 4.98 Å². The Bertz CT molecular complexity index is 1860. The van der Waals surface area contributed by atoms with E-state index in [1.54, 1.807) is 23.2 Å². The topological polar surface area (TPSA) is 103 Å². The molecule has 9 heteroatoms. The van der Waals surface area contributed by atoms with Gasteiger partial charge in [-0.15, -0.1) is 0 Å². The van der Waals surface area contributed by atoms with Gasteiger partial charge in [0.15, 0.2) is 0 Å². The SMILES string of the molecule is Cc1c(-c2cnc(C(N)=O)c3c2-c2ccc(CC(=O)OCC[Si](C)(C)C)cc2C3)cccc1N1Cc2ccc(Cl)cc2C1=O. The van der Waals surface area contributed by atoms with Crippen LogP contribution in [0.1, 0.15) is 48.7 Å². The maximum absolute atomic E-state index is 13.4. The molecule has 0 saturated carbocycles. The van der Waals surface area contributed by atoms with Gasteiger partial charge in [-0.1, -0.05) is 67.6 Å². The third kappa shape index (κ3) is 5.55. The van der Waals surface area contributed by atoms with Crippen molar-refractivity contribution in [2.45, 2.75) is 52.0 Å². The van der Waals surface area contributed by atoms with Crippen LogP contribution >= 0.6 is 11.6 Å². The molecular weight excluding hydrogens is 590 g/mol. The standard InChI is InChI=1S/C35H34ClN3O4Si/c1-20-25(6-5-7-30(20)39-19-22-9-10-24(36)17-27(22)35(39)42)29-18-38-33(34(37)41)28-16-23-14-21(8-11-26(23)32(28)29)15-31(40)43-12-13-44(2,3)4/h5-11,14,17-18H,12-13,15-16,19H2,1-4H3,(H2,37,41). The molecule has 0 fully saturated rings. The van der Waals surface area contributed by atoms with Gasteiger partial charge in [0.1, 0.15) is 5.69 Å². The minimum atomic E-state index is -1.30. The molecule has 0 radical (unpaired) electrons. The van der Waals surface area contributed by atoms with Crippen LogP contribution in [0.2, 0.25) is 30.7 Å². The summed E-state index contributed by atoms with van der Waals surface area (Å²) in [4.78, 5) is 44.7. The molecule has 0 atom stereocenters. The second-order valence-electron chi connectivity index (χ2n) is 12.8. The van der Waals surface area contributed by atoms with Gasteiger partial charge in [0, 0.05) is 42.5 Å². The number of rotatable bonds is 8. The molecule has 0 unspecified atom stereocenters.